The molecule has 0 unspecified atom stereocenters. The Morgan fingerprint density at radius 1 is 1.15 bits per heavy atom. The Bertz CT molecular complexity index is 878. The monoisotopic (exact) mass is 354 g/mol. The maximum atomic E-state index is 12.3. The summed E-state index contributed by atoms with van der Waals surface area (Å²) in [4.78, 5) is 34.9. The first-order chi connectivity index (χ1) is 12.5. The van der Waals surface area contributed by atoms with Gasteiger partial charge in [-0.25, -0.2) is 4.79 Å². The molecule has 0 bridgehead atoms. The van der Waals surface area contributed by atoms with Crippen LogP contribution in [0.2, 0.25) is 0 Å². The van der Waals surface area contributed by atoms with Gasteiger partial charge in [-0.15, -0.1) is 0 Å². The number of esters is 1. The van der Waals surface area contributed by atoms with Crippen molar-refractivity contribution < 1.29 is 19.2 Å². The molecule has 0 saturated carbocycles. The first-order valence-electron chi connectivity index (χ1n) is 8.33. The number of nitrogens with zero attached hydrogens (tertiary/aromatic N) is 1. The highest BCUT2D eigenvalue weighted by Crippen LogP contribution is 2.24. The van der Waals surface area contributed by atoms with Gasteiger partial charge in [0.25, 0.3) is 11.6 Å². The van der Waals surface area contributed by atoms with Crippen LogP contribution in [0.1, 0.15) is 34.8 Å². The summed E-state index contributed by atoms with van der Waals surface area (Å²) in [5, 5.41) is 13.4. The molecule has 1 aliphatic rings. The minimum absolute atomic E-state index is 0.0583. The van der Waals surface area contributed by atoms with E-state index in [1.807, 2.05) is 6.07 Å². The molecule has 1 atom stereocenters. The molecule has 2 aromatic carbocycles. The number of fused-ring (bicyclic) bond motifs is 1. The highest BCUT2D eigenvalue weighted by molar-refractivity contribution is 5.98. The molecular formula is C19H18N2O5. The van der Waals surface area contributed by atoms with Crippen molar-refractivity contribution in [1.82, 2.24) is 0 Å². The van der Waals surface area contributed by atoms with Gasteiger partial charge in [-0.2, -0.15) is 0 Å². The molecule has 1 aliphatic carbocycles. The molecule has 1 N–H and O–H groups in total. The highest BCUT2D eigenvalue weighted by Gasteiger charge is 2.23. The molecule has 0 saturated heterocycles. The van der Waals surface area contributed by atoms with Crippen LogP contribution in [0.5, 0.6) is 0 Å². The second kappa shape index (κ2) is 7.35. The van der Waals surface area contributed by atoms with Crippen LogP contribution in [0.25, 0.3) is 0 Å². The van der Waals surface area contributed by atoms with E-state index in [4.69, 9.17) is 4.74 Å². The van der Waals surface area contributed by atoms with E-state index in [0.717, 1.165) is 24.8 Å². The number of carbonyl (C=O) groups excluding carboxylic acids is 2. The van der Waals surface area contributed by atoms with Crippen molar-refractivity contribution in [2.45, 2.75) is 32.3 Å². The molecule has 2 aromatic rings. The van der Waals surface area contributed by atoms with Crippen molar-refractivity contribution in [1.29, 1.82) is 0 Å². The minimum Gasteiger partial charge on any atom is -0.449 e. The number of hydrogen-bond acceptors (Lipinski definition) is 5. The summed E-state index contributed by atoms with van der Waals surface area (Å²) in [5.74, 6) is -1.22. The smallest absolute Gasteiger partial charge is 0.338 e. The van der Waals surface area contributed by atoms with Crippen LogP contribution in [0.15, 0.2) is 42.5 Å². The van der Waals surface area contributed by atoms with Crippen LogP contribution in [-0.4, -0.2) is 22.9 Å². The van der Waals surface area contributed by atoms with E-state index in [1.54, 1.807) is 18.2 Å². The SMILES string of the molecule is C[C@@H](OC(=O)c1ccc2c(c1)CCC2)C(=O)Nc1ccccc1[N+](=O)[O-]. The predicted molar refractivity (Wildman–Crippen MR) is 95.1 cm³/mol. The highest BCUT2D eigenvalue weighted by atomic mass is 16.6. The number of aryl methyl sites for hydroxylation is 2. The first-order valence-corrected chi connectivity index (χ1v) is 8.33. The number of hydrogen-bond donors (Lipinski definition) is 1. The quantitative estimate of drug-likeness (QED) is 0.505. The zero-order valence-electron chi connectivity index (χ0n) is 14.2. The fourth-order valence-electron chi connectivity index (χ4n) is 2.95. The number of carbonyl (C=O) groups is 2. The van der Waals surface area contributed by atoms with E-state index >= 15 is 0 Å². The molecule has 0 heterocycles. The zero-order chi connectivity index (χ0) is 18.7. The van der Waals surface area contributed by atoms with E-state index in [1.165, 1.54) is 30.7 Å². The molecule has 3 rings (SSSR count). The topological polar surface area (TPSA) is 98.5 Å². The van der Waals surface area contributed by atoms with Gasteiger partial charge in [0, 0.05) is 6.07 Å². The Morgan fingerprint density at radius 3 is 2.65 bits per heavy atom. The molecule has 134 valence electrons. The summed E-state index contributed by atoms with van der Waals surface area (Å²) < 4.78 is 5.21. The number of amides is 1. The van der Waals surface area contributed by atoms with Crippen LogP contribution < -0.4 is 5.32 Å². The van der Waals surface area contributed by atoms with Crippen LogP contribution in [0.4, 0.5) is 11.4 Å². The molecule has 0 spiro atoms. The van der Waals surface area contributed by atoms with Gasteiger partial charge in [0.05, 0.1) is 10.5 Å². The van der Waals surface area contributed by atoms with E-state index in [2.05, 4.69) is 5.32 Å². The largest absolute Gasteiger partial charge is 0.449 e. The van der Waals surface area contributed by atoms with Crippen molar-refractivity contribution in [3.63, 3.8) is 0 Å². The summed E-state index contributed by atoms with van der Waals surface area (Å²) in [5.41, 5.74) is 2.61. The number of nitro groups is 1. The molecule has 7 heteroatoms. The lowest BCUT2D eigenvalue weighted by Crippen LogP contribution is -2.30. The Hall–Kier alpha value is -3.22. The van der Waals surface area contributed by atoms with Gasteiger partial charge in [0.1, 0.15) is 5.69 Å². The maximum Gasteiger partial charge on any atom is 0.338 e. The third-order valence-corrected chi connectivity index (χ3v) is 4.35. The van der Waals surface area contributed by atoms with Crippen molar-refractivity contribution in [2.24, 2.45) is 0 Å². The Labute approximate surface area is 150 Å². The van der Waals surface area contributed by atoms with Gasteiger partial charge in [-0.1, -0.05) is 18.2 Å². The van der Waals surface area contributed by atoms with E-state index in [9.17, 15) is 19.7 Å². The van der Waals surface area contributed by atoms with Crippen LogP contribution in [0.3, 0.4) is 0 Å². The fourth-order valence-corrected chi connectivity index (χ4v) is 2.95. The van der Waals surface area contributed by atoms with Crippen LogP contribution in [0, 0.1) is 10.1 Å². The molecular weight excluding hydrogens is 336 g/mol. The van der Waals surface area contributed by atoms with E-state index in [-0.39, 0.29) is 11.4 Å². The van der Waals surface area contributed by atoms with Gasteiger partial charge < -0.3 is 10.1 Å². The van der Waals surface area contributed by atoms with Gasteiger partial charge in [-0.05, 0) is 55.5 Å². The molecule has 0 fully saturated rings. The summed E-state index contributed by atoms with van der Waals surface area (Å²) in [7, 11) is 0. The average molecular weight is 354 g/mol. The normalized spacial score (nSPS) is 13.6. The predicted octanol–water partition coefficient (Wildman–Crippen LogP) is 3.27. The van der Waals surface area contributed by atoms with Gasteiger partial charge >= 0.3 is 5.97 Å². The number of nitrogens with one attached hydrogen (secondary N) is 1. The maximum absolute atomic E-state index is 12.3. The van der Waals surface area contributed by atoms with Crippen LogP contribution in [-0.2, 0) is 22.4 Å². The van der Waals surface area contributed by atoms with Crippen LogP contribution >= 0.6 is 0 Å². The lowest BCUT2D eigenvalue weighted by molar-refractivity contribution is -0.383. The standard InChI is InChI=1S/C19H18N2O5/c1-12(18(22)20-16-7-2-3-8-17(16)21(24)25)26-19(23)15-10-9-13-5-4-6-14(13)11-15/h2-3,7-12H,4-6H2,1H3,(H,20,22)/t12-/m1/s1. The summed E-state index contributed by atoms with van der Waals surface area (Å²) in [6.07, 6.45) is 1.93. The second-order valence-corrected chi connectivity index (χ2v) is 6.15. The number of nitro benzene ring substituents is 1. The molecule has 26 heavy (non-hydrogen) atoms. The second-order valence-electron chi connectivity index (χ2n) is 6.15. The molecule has 0 radical (unpaired) electrons. The molecule has 0 aromatic heterocycles. The number of anilines is 1. The molecule has 0 aliphatic heterocycles. The lowest BCUT2D eigenvalue weighted by atomic mass is 10.1. The number of benzene rings is 2. The third-order valence-electron chi connectivity index (χ3n) is 4.35. The fraction of sp³-hybridized carbons (Fsp3) is 0.263. The first kappa shape index (κ1) is 17.6. The van der Waals surface area contributed by atoms with Crippen molar-refractivity contribution in [2.75, 3.05) is 5.32 Å². The van der Waals surface area contributed by atoms with Gasteiger partial charge in [0.2, 0.25) is 0 Å². The van der Waals surface area contributed by atoms with Crippen molar-refractivity contribution in [3.8, 4) is 0 Å². The molecule has 1 amide bonds. The van der Waals surface area contributed by atoms with Gasteiger partial charge in [-0.3, -0.25) is 14.9 Å². The van der Waals surface area contributed by atoms with E-state index < -0.39 is 22.9 Å². The minimum atomic E-state index is -1.09. The van der Waals surface area contributed by atoms with Crippen molar-refractivity contribution >= 4 is 23.3 Å². The van der Waals surface area contributed by atoms with Gasteiger partial charge in [0.15, 0.2) is 6.10 Å². The lowest BCUT2D eigenvalue weighted by Gasteiger charge is -2.14. The van der Waals surface area contributed by atoms with Crippen molar-refractivity contribution in [3.05, 3.63) is 69.3 Å². The third kappa shape index (κ3) is 3.72. The Balaban J connectivity index is 1.66. The zero-order valence-corrected chi connectivity index (χ0v) is 14.2. The Kier molecular flexibility index (Phi) is 4.97. The molecule has 7 nitrogen and oxygen atoms in total. The number of para-hydroxylation sites is 2. The number of rotatable bonds is 5. The van der Waals surface area contributed by atoms with E-state index in [0.29, 0.717) is 5.56 Å². The summed E-state index contributed by atoms with van der Waals surface area (Å²) in [6.45, 7) is 1.43. The average Bonchev–Trinajstić information content (AvgIpc) is 3.09. The summed E-state index contributed by atoms with van der Waals surface area (Å²) >= 11 is 0. The summed E-state index contributed by atoms with van der Waals surface area (Å²) in [6, 6.07) is 11.2. The number of ether oxygens (including phenoxy) is 1. The Morgan fingerprint density at radius 2 is 1.88 bits per heavy atom.